The van der Waals surface area contributed by atoms with E-state index in [9.17, 15) is 22.8 Å². The van der Waals surface area contributed by atoms with Crippen LogP contribution in [0.5, 0.6) is 0 Å². The van der Waals surface area contributed by atoms with Crippen LogP contribution in [0.3, 0.4) is 0 Å². The largest absolute Gasteiger partial charge is 0.417 e. The third kappa shape index (κ3) is 2.00. The molecule has 1 spiro atoms. The first-order chi connectivity index (χ1) is 10.7. The summed E-state index contributed by atoms with van der Waals surface area (Å²) in [6.07, 6.45) is -2.94. The molecule has 120 valence electrons. The van der Waals surface area contributed by atoms with E-state index < -0.39 is 34.8 Å². The van der Waals surface area contributed by atoms with E-state index in [0.29, 0.717) is 18.9 Å². The summed E-state index contributed by atoms with van der Waals surface area (Å²) in [6.45, 7) is 0. The molecule has 8 heteroatoms. The maximum atomic E-state index is 13.1. The minimum atomic E-state index is -4.74. The van der Waals surface area contributed by atoms with Crippen molar-refractivity contribution in [2.75, 3.05) is 11.9 Å². The smallest absolute Gasteiger partial charge is 0.312 e. The Bertz CT molecular complexity index is 747. The zero-order valence-corrected chi connectivity index (χ0v) is 12.1. The number of rotatable bonds is 1. The van der Waals surface area contributed by atoms with Crippen molar-refractivity contribution in [2.45, 2.75) is 31.0 Å². The van der Waals surface area contributed by atoms with E-state index in [0.717, 1.165) is 17.4 Å². The summed E-state index contributed by atoms with van der Waals surface area (Å²) in [5.74, 6) is -0.505. The minimum Gasteiger partial charge on any atom is -0.312 e. The van der Waals surface area contributed by atoms with Gasteiger partial charge >= 0.3 is 12.2 Å². The number of hydrogen-bond acceptors (Lipinski definition) is 3. The van der Waals surface area contributed by atoms with Crippen LogP contribution in [0, 0.1) is 11.3 Å². The van der Waals surface area contributed by atoms with Gasteiger partial charge in [0.2, 0.25) is 0 Å². The Balaban J connectivity index is 2.08. The second-order valence-electron chi connectivity index (χ2n) is 5.71. The van der Waals surface area contributed by atoms with Crippen LogP contribution in [0.1, 0.15) is 30.4 Å². The van der Waals surface area contributed by atoms with Gasteiger partial charge in [0.25, 0.3) is 5.91 Å². The molecule has 1 aliphatic carbocycles. The van der Waals surface area contributed by atoms with Gasteiger partial charge in [0.05, 0.1) is 22.9 Å². The second-order valence-corrected chi connectivity index (χ2v) is 5.71. The van der Waals surface area contributed by atoms with Gasteiger partial charge in [0.15, 0.2) is 0 Å². The van der Waals surface area contributed by atoms with Gasteiger partial charge in [-0.1, -0.05) is 0 Å². The molecule has 1 saturated carbocycles. The van der Waals surface area contributed by atoms with Gasteiger partial charge in [-0.05, 0) is 37.5 Å². The van der Waals surface area contributed by atoms with E-state index in [-0.39, 0.29) is 5.69 Å². The van der Waals surface area contributed by atoms with Crippen molar-refractivity contribution >= 4 is 17.6 Å². The highest BCUT2D eigenvalue weighted by Crippen LogP contribution is 2.45. The Morgan fingerprint density at radius 1 is 1.26 bits per heavy atom. The summed E-state index contributed by atoms with van der Waals surface area (Å²) in [5, 5.41) is 8.81. The zero-order valence-electron chi connectivity index (χ0n) is 12.1. The number of likely N-dealkylation sites (N-methyl/N-ethyl adjacent to an activating group) is 1. The highest BCUT2D eigenvalue weighted by atomic mass is 19.4. The molecule has 5 nitrogen and oxygen atoms in total. The van der Waals surface area contributed by atoms with Gasteiger partial charge in [-0.2, -0.15) is 18.4 Å². The fourth-order valence-corrected chi connectivity index (χ4v) is 3.06. The van der Waals surface area contributed by atoms with E-state index >= 15 is 0 Å². The Hall–Kier alpha value is -2.56. The van der Waals surface area contributed by atoms with E-state index in [4.69, 9.17) is 5.26 Å². The highest BCUT2D eigenvalue weighted by molar-refractivity contribution is 6.23. The quantitative estimate of drug-likeness (QED) is 0.747. The number of anilines is 1. The molecule has 0 unspecified atom stereocenters. The molecule has 1 aromatic carbocycles. The second kappa shape index (κ2) is 4.72. The number of alkyl halides is 3. The van der Waals surface area contributed by atoms with Gasteiger partial charge in [-0.25, -0.2) is 9.69 Å². The van der Waals surface area contributed by atoms with Crippen molar-refractivity contribution in [3.05, 3.63) is 29.3 Å². The predicted octanol–water partition coefficient (Wildman–Crippen LogP) is 2.90. The SMILES string of the molecule is CN1C(=O)N(c2ccc(C#N)c(C(F)(F)F)c2)C(=O)C12CCC2. The van der Waals surface area contributed by atoms with Crippen LogP contribution < -0.4 is 4.90 Å². The first kappa shape index (κ1) is 15.3. The number of carbonyl (C=O) groups is 2. The van der Waals surface area contributed by atoms with Crippen molar-refractivity contribution in [1.29, 1.82) is 5.26 Å². The summed E-state index contributed by atoms with van der Waals surface area (Å²) >= 11 is 0. The summed E-state index contributed by atoms with van der Waals surface area (Å²) in [6, 6.07) is 3.67. The van der Waals surface area contributed by atoms with Gasteiger partial charge in [-0.15, -0.1) is 0 Å². The van der Waals surface area contributed by atoms with Crippen LogP contribution >= 0.6 is 0 Å². The molecular weight excluding hydrogens is 311 g/mol. The molecule has 0 N–H and O–H groups in total. The van der Waals surface area contributed by atoms with E-state index in [1.807, 2.05) is 0 Å². The van der Waals surface area contributed by atoms with E-state index in [1.165, 1.54) is 24.1 Å². The normalized spacial score (nSPS) is 20.0. The summed E-state index contributed by atoms with van der Waals surface area (Å²) in [4.78, 5) is 27.0. The lowest BCUT2D eigenvalue weighted by Crippen LogP contribution is -2.53. The van der Waals surface area contributed by atoms with Gasteiger partial charge in [0, 0.05) is 7.05 Å². The Morgan fingerprint density at radius 2 is 1.91 bits per heavy atom. The molecule has 1 heterocycles. The average Bonchev–Trinajstić information content (AvgIpc) is 2.64. The van der Waals surface area contributed by atoms with Crippen molar-refractivity contribution in [2.24, 2.45) is 0 Å². The number of hydrogen-bond donors (Lipinski definition) is 0. The predicted molar refractivity (Wildman–Crippen MR) is 73.4 cm³/mol. The van der Waals surface area contributed by atoms with E-state index in [2.05, 4.69) is 0 Å². The zero-order chi connectivity index (χ0) is 17.0. The number of halogens is 3. The molecule has 3 rings (SSSR count). The Morgan fingerprint density at radius 3 is 2.35 bits per heavy atom. The maximum Gasteiger partial charge on any atom is 0.417 e. The number of benzene rings is 1. The molecule has 2 aliphatic rings. The summed E-state index contributed by atoms with van der Waals surface area (Å²) in [5.41, 5.74) is -2.80. The molecule has 1 aliphatic heterocycles. The fourth-order valence-electron chi connectivity index (χ4n) is 3.06. The number of nitrogens with zero attached hydrogens (tertiary/aromatic N) is 3. The molecule has 1 aromatic rings. The fraction of sp³-hybridized carbons (Fsp3) is 0.400. The van der Waals surface area contributed by atoms with Crippen LogP contribution in [0.15, 0.2) is 18.2 Å². The van der Waals surface area contributed by atoms with E-state index in [1.54, 1.807) is 0 Å². The molecule has 2 fully saturated rings. The topological polar surface area (TPSA) is 64.4 Å². The van der Waals surface area contributed by atoms with Crippen LogP contribution in [0.2, 0.25) is 0 Å². The van der Waals surface area contributed by atoms with Gasteiger partial charge < -0.3 is 4.90 Å². The lowest BCUT2D eigenvalue weighted by atomic mass is 9.76. The Kier molecular flexibility index (Phi) is 3.15. The number of imide groups is 1. The van der Waals surface area contributed by atoms with Crippen molar-refractivity contribution in [3.8, 4) is 6.07 Å². The first-order valence-electron chi connectivity index (χ1n) is 6.96. The molecular formula is C15H12F3N3O2. The van der Waals surface area contributed by atoms with Crippen LogP contribution in [-0.2, 0) is 11.0 Å². The number of amides is 3. The molecule has 0 bridgehead atoms. The van der Waals surface area contributed by atoms with Crippen molar-refractivity contribution in [1.82, 2.24) is 4.90 Å². The molecule has 0 aromatic heterocycles. The Labute approximate surface area is 129 Å². The molecule has 0 atom stereocenters. The molecule has 1 saturated heterocycles. The summed E-state index contributed by atoms with van der Waals surface area (Å²) in [7, 11) is 1.48. The lowest BCUT2D eigenvalue weighted by Gasteiger charge is -2.40. The average molecular weight is 323 g/mol. The van der Waals surface area contributed by atoms with Crippen LogP contribution in [0.25, 0.3) is 0 Å². The van der Waals surface area contributed by atoms with Gasteiger partial charge in [-0.3, -0.25) is 4.79 Å². The number of nitriles is 1. The summed E-state index contributed by atoms with van der Waals surface area (Å²) < 4.78 is 39.2. The first-order valence-corrected chi connectivity index (χ1v) is 6.96. The number of carbonyl (C=O) groups excluding carboxylic acids is 2. The highest BCUT2D eigenvalue weighted by Gasteiger charge is 2.59. The third-order valence-electron chi connectivity index (χ3n) is 4.59. The molecule has 23 heavy (non-hydrogen) atoms. The van der Waals surface area contributed by atoms with Crippen LogP contribution in [-0.4, -0.2) is 29.4 Å². The minimum absolute atomic E-state index is 0.165. The standard InChI is InChI=1S/C15H12F3N3O2/c1-20-13(23)21(12(22)14(20)5-2-6-14)10-4-3-9(8-19)11(7-10)15(16,17)18/h3-4,7H,2,5-6H2,1H3. The van der Waals surface area contributed by atoms with Crippen molar-refractivity contribution in [3.63, 3.8) is 0 Å². The third-order valence-corrected chi connectivity index (χ3v) is 4.59. The molecule has 0 radical (unpaired) electrons. The van der Waals surface area contributed by atoms with Crippen LogP contribution in [0.4, 0.5) is 23.7 Å². The maximum absolute atomic E-state index is 13.1. The van der Waals surface area contributed by atoms with Gasteiger partial charge in [0.1, 0.15) is 5.54 Å². The number of urea groups is 1. The monoisotopic (exact) mass is 323 g/mol. The van der Waals surface area contributed by atoms with Crippen molar-refractivity contribution < 1.29 is 22.8 Å². The molecule has 3 amide bonds. The lowest BCUT2D eigenvalue weighted by molar-refractivity contribution is -0.137.